The van der Waals surface area contributed by atoms with Crippen LogP contribution in [0.2, 0.25) is 0 Å². The molecular formula is C10H20N2OS. The van der Waals surface area contributed by atoms with Crippen molar-refractivity contribution in [2.45, 2.75) is 32.2 Å². The summed E-state index contributed by atoms with van der Waals surface area (Å²) in [5, 5.41) is 2.92. The molecule has 0 saturated heterocycles. The highest BCUT2D eigenvalue weighted by Gasteiger charge is 2.37. The Morgan fingerprint density at radius 3 is 2.79 bits per heavy atom. The van der Waals surface area contributed by atoms with Gasteiger partial charge in [-0.25, -0.2) is 0 Å². The summed E-state index contributed by atoms with van der Waals surface area (Å²) in [6.07, 6.45) is 5.25. The Labute approximate surface area is 90.2 Å². The molecule has 14 heavy (non-hydrogen) atoms. The highest BCUT2D eigenvalue weighted by Crippen LogP contribution is 2.43. The lowest BCUT2D eigenvalue weighted by Gasteiger charge is -2.14. The van der Waals surface area contributed by atoms with Gasteiger partial charge in [-0.05, 0) is 36.7 Å². The number of thioether (sulfide) groups is 1. The number of nitrogens with one attached hydrogen (secondary N) is 1. The van der Waals surface area contributed by atoms with Crippen molar-refractivity contribution in [1.29, 1.82) is 0 Å². The first-order valence-electron chi connectivity index (χ1n) is 5.10. The zero-order chi connectivity index (χ0) is 10.6. The van der Waals surface area contributed by atoms with Crippen LogP contribution in [-0.4, -0.2) is 30.5 Å². The second-order valence-electron chi connectivity index (χ2n) is 4.42. The van der Waals surface area contributed by atoms with Crippen LogP contribution in [0.25, 0.3) is 0 Å². The molecule has 4 heteroatoms. The topological polar surface area (TPSA) is 55.1 Å². The molecule has 1 atom stereocenters. The van der Waals surface area contributed by atoms with E-state index in [-0.39, 0.29) is 11.9 Å². The van der Waals surface area contributed by atoms with Crippen LogP contribution >= 0.6 is 11.8 Å². The van der Waals surface area contributed by atoms with Crippen molar-refractivity contribution >= 4 is 17.7 Å². The van der Waals surface area contributed by atoms with Crippen LogP contribution in [0.5, 0.6) is 0 Å². The summed E-state index contributed by atoms with van der Waals surface area (Å²) in [6, 6.07) is -0.329. The van der Waals surface area contributed by atoms with Crippen molar-refractivity contribution in [2.75, 3.05) is 18.6 Å². The van der Waals surface area contributed by atoms with Gasteiger partial charge in [0.1, 0.15) is 0 Å². The van der Waals surface area contributed by atoms with Gasteiger partial charge in [0.15, 0.2) is 0 Å². The van der Waals surface area contributed by atoms with Crippen molar-refractivity contribution in [3.05, 3.63) is 0 Å². The Balaban J connectivity index is 2.13. The third-order valence-electron chi connectivity index (χ3n) is 2.76. The van der Waals surface area contributed by atoms with Crippen molar-refractivity contribution < 1.29 is 4.79 Å². The lowest BCUT2D eigenvalue weighted by atomic mass is 10.1. The zero-order valence-corrected chi connectivity index (χ0v) is 9.82. The summed E-state index contributed by atoms with van der Waals surface area (Å²) in [7, 11) is 0. The lowest BCUT2D eigenvalue weighted by molar-refractivity contribution is -0.122. The molecule has 0 aromatic heterocycles. The maximum Gasteiger partial charge on any atom is 0.236 e. The Morgan fingerprint density at radius 1 is 1.64 bits per heavy atom. The first-order valence-corrected chi connectivity index (χ1v) is 6.49. The molecule has 1 aliphatic carbocycles. The standard InChI is InChI=1S/C10H20N2OS/c1-10(4-5-10)7-12-9(13)8(11)3-6-14-2/h8H,3-7,11H2,1-2H3,(H,12,13)/t8-/m1/s1. The zero-order valence-electron chi connectivity index (χ0n) is 9.01. The van der Waals surface area contributed by atoms with Crippen LogP contribution in [0.3, 0.4) is 0 Å². The van der Waals surface area contributed by atoms with Gasteiger partial charge in [-0.15, -0.1) is 0 Å². The van der Waals surface area contributed by atoms with E-state index in [2.05, 4.69) is 12.2 Å². The van der Waals surface area contributed by atoms with E-state index in [1.807, 2.05) is 6.26 Å². The van der Waals surface area contributed by atoms with E-state index in [0.29, 0.717) is 5.41 Å². The number of rotatable bonds is 6. The maximum atomic E-state index is 11.5. The molecule has 0 unspecified atom stereocenters. The molecule has 0 radical (unpaired) electrons. The van der Waals surface area contributed by atoms with E-state index in [0.717, 1.165) is 18.7 Å². The number of amides is 1. The summed E-state index contributed by atoms with van der Waals surface area (Å²) < 4.78 is 0. The molecule has 1 fully saturated rings. The molecule has 82 valence electrons. The summed E-state index contributed by atoms with van der Waals surface area (Å²) >= 11 is 1.72. The summed E-state index contributed by atoms with van der Waals surface area (Å²) in [5.74, 6) is 0.957. The first kappa shape index (κ1) is 11.9. The van der Waals surface area contributed by atoms with Crippen molar-refractivity contribution in [3.63, 3.8) is 0 Å². The van der Waals surface area contributed by atoms with E-state index in [9.17, 15) is 4.79 Å². The number of hydrogen-bond donors (Lipinski definition) is 2. The Kier molecular flexibility index (Phi) is 4.26. The molecule has 3 nitrogen and oxygen atoms in total. The minimum atomic E-state index is -0.329. The molecule has 1 amide bonds. The van der Waals surface area contributed by atoms with Gasteiger partial charge in [-0.1, -0.05) is 6.92 Å². The quantitative estimate of drug-likeness (QED) is 0.696. The molecule has 1 rings (SSSR count). The van der Waals surface area contributed by atoms with Crippen molar-refractivity contribution in [1.82, 2.24) is 5.32 Å². The monoisotopic (exact) mass is 216 g/mol. The van der Waals surface area contributed by atoms with Crippen LogP contribution in [0, 0.1) is 5.41 Å². The number of hydrogen-bond acceptors (Lipinski definition) is 3. The average molecular weight is 216 g/mol. The predicted molar refractivity (Wildman–Crippen MR) is 61.3 cm³/mol. The van der Waals surface area contributed by atoms with E-state index in [1.165, 1.54) is 12.8 Å². The largest absolute Gasteiger partial charge is 0.354 e. The molecule has 0 aromatic carbocycles. The van der Waals surface area contributed by atoms with Gasteiger partial charge in [-0.3, -0.25) is 4.79 Å². The normalized spacial score (nSPS) is 20.2. The maximum absolute atomic E-state index is 11.5. The first-order chi connectivity index (χ1) is 6.57. The van der Waals surface area contributed by atoms with Gasteiger partial charge in [0.2, 0.25) is 5.91 Å². The van der Waals surface area contributed by atoms with E-state index in [1.54, 1.807) is 11.8 Å². The second kappa shape index (κ2) is 5.03. The van der Waals surface area contributed by atoms with Gasteiger partial charge < -0.3 is 11.1 Å². The minimum Gasteiger partial charge on any atom is -0.354 e. The summed E-state index contributed by atoms with van der Waals surface area (Å²) in [5.41, 5.74) is 6.10. The highest BCUT2D eigenvalue weighted by atomic mass is 32.2. The van der Waals surface area contributed by atoms with Crippen LogP contribution < -0.4 is 11.1 Å². The molecule has 0 spiro atoms. The molecule has 1 aliphatic rings. The smallest absolute Gasteiger partial charge is 0.236 e. The summed E-state index contributed by atoms with van der Waals surface area (Å²) in [4.78, 5) is 11.5. The molecule has 1 saturated carbocycles. The highest BCUT2D eigenvalue weighted by molar-refractivity contribution is 7.98. The van der Waals surface area contributed by atoms with Crippen molar-refractivity contribution in [2.24, 2.45) is 11.1 Å². The number of carbonyl (C=O) groups excluding carboxylic acids is 1. The van der Waals surface area contributed by atoms with Gasteiger partial charge >= 0.3 is 0 Å². The number of nitrogens with two attached hydrogens (primary N) is 1. The molecule has 0 heterocycles. The second-order valence-corrected chi connectivity index (χ2v) is 5.40. The average Bonchev–Trinajstić information content (AvgIpc) is 2.90. The molecular weight excluding hydrogens is 196 g/mol. The fourth-order valence-corrected chi connectivity index (χ4v) is 1.69. The van der Waals surface area contributed by atoms with Gasteiger partial charge in [0, 0.05) is 6.54 Å². The van der Waals surface area contributed by atoms with E-state index < -0.39 is 0 Å². The molecule has 0 bridgehead atoms. The van der Waals surface area contributed by atoms with Crippen molar-refractivity contribution in [3.8, 4) is 0 Å². The molecule has 0 aliphatic heterocycles. The predicted octanol–water partition coefficient (Wildman–Crippen LogP) is 0.983. The van der Waals surface area contributed by atoms with Gasteiger partial charge in [0.25, 0.3) is 0 Å². The fraction of sp³-hybridized carbons (Fsp3) is 0.900. The van der Waals surface area contributed by atoms with Gasteiger partial charge in [0.05, 0.1) is 6.04 Å². The third-order valence-corrected chi connectivity index (χ3v) is 3.41. The minimum absolute atomic E-state index is 0.00664. The number of carbonyl (C=O) groups is 1. The van der Waals surface area contributed by atoms with E-state index >= 15 is 0 Å². The summed E-state index contributed by atoms with van der Waals surface area (Å²) in [6.45, 7) is 2.99. The third kappa shape index (κ3) is 3.88. The fourth-order valence-electron chi connectivity index (χ4n) is 1.20. The van der Waals surface area contributed by atoms with Gasteiger partial charge in [-0.2, -0.15) is 11.8 Å². The van der Waals surface area contributed by atoms with Crippen LogP contribution in [-0.2, 0) is 4.79 Å². The Morgan fingerprint density at radius 2 is 2.29 bits per heavy atom. The molecule has 0 aromatic rings. The Hall–Kier alpha value is -0.220. The van der Waals surface area contributed by atoms with Crippen LogP contribution in [0.4, 0.5) is 0 Å². The molecule has 3 N–H and O–H groups in total. The van der Waals surface area contributed by atoms with E-state index in [4.69, 9.17) is 5.73 Å². The SMILES string of the molecule is CSCC[C@@H](N)C(=O)NCC1(C)CC1. The Bertz CT molecular complexity index is 204. The van der Waals surface area contributed by atoms with Crippen LogP contribution in [0.15, 0.2) is 0 Å². The lowest BCUT2D eigenvalue weighted by Crippen LogP contribution is -2.42. The van der Waals surface area contributed by atoms with Crippen LogP contribution in [0.1, 0.15) is 26.2 Å².